The van der Waals surface area contributed by atoms with E-state index in [1.165, 1.54) is 4.90 Å². The first kappa shape index (κ1) is 15.6. The van der Waals surface area contributed by atoms with Gasteiger partial charge in [0.2, 0.25) is 5.82 Å². The number of halogens is 3. The van der Waals surface area contributed by atoms with Gasteiger partial charge in [-0.05, 0) is 25.3 Å². The third-order valence-electron chi connectivity index (χ3n) is 3.55. The van der Waals surface area contributed by atoms with Crippen LogP contribution >= 0.6 is 11.6 Å². The average molecular weight is 319 g/mol. The number of carbonyl (C=O) groups excluding carboxylic acids is 1. The smallest absolute Gasteiger partial charge is 0.305 e. The fourth-order valence-electron chi connectivity index (χ4n) is 2.45. The van der Waals surface area contributed by atoms with Gasteiger partial charge in [0.1, 0.15) is 11.4 Å². The van der Waals surface area contributed by atoms with Crippen LogP contribution in [0.15, 0.2) is 12.1 Å². The number of rotatable bonds is 3. The van der Waals surface area contributed by atoms with E-state index in [0.29, 0.717) is 25.5 Å². The van der Waals surface area contributed by atoms with E-state index in [1.54, 1.807) is 0 Å². The van der Waals surface area contributed by atoms with Crippen LogP contribution in [-0.2, 0) is 0 Å². The van der Waals surface area contributed by atoms with Gasteiger partial charge in [-0.1, -0.05) is 0 Å². The fraction of sp³-hybridized carbons (Fsp3) is 0.462. The molecule has 0 spiro atoms. The van der Waals surface area contributed by atoms with E-state index in [4.69, 9.17) is 11.6 Å². The standard InChI is InChI=1S/C13H13ClF2N2O3/c14-7-8-3-1-2-6-17(8)13(19)11-9(15)4-5-10(12(11)16)18(20)21/h4-5,8H,1-3,6-7H2. The molecule has 0 N–H and O–H groups in total. The molecule has 21 heavy (non-hydrogen) atoms. The van der Waals surface area contributed by atoms with Crippen LogP contribution in [0.2, 0.25) is 0 Å². The minimum atomic E-state index is -1.44. The lowest BCUT2D eigenvalue weighted by Gasteiger charge is -2.34. The summed E-state index contributed by atoms with van der Waals surface area (Å²) in [7, 11) is 0. The topological polar surface area (TPSA) is 63.4 Å². The summed E-state index contributed by atoms with van der Waals surface area (Å²) in [5.41, 5.74) is -1.81. The molecule has 0 radical (unpaired) electrons. The summed E-state index contributed by atoms with van der Waals surface area (Å²) in [4.78, 5) is 23.4. The third kappa shape index (κ3) is 2.97. The monoisotopic (exact) mass is 318 g/mol. The minimum Gasteiger partial charge on any atom is -0.334 e. The van der Waals surface area contributed by atoms with Gasteiger partial charge in [-0.2, -0.15) is 4.39 Å². The van der Waals surface area contributed by atoms with Crippen molar-refractivity contribution in [3.05, 3.63) is 39.4 Å². The van der Waals surface area contributed by atoms with Crippen molar-refractivity contribution >= 4 is 23.2 Å². The Kier molecular flexibility index (Phi) is 4.72. The van der Waals surface area contributed by atoms with Crippen LogP contribution in [0.25, 0.3) is 0 Å². The van der Waals surface area contributed by atoms with Crippen molar-refractivity contribution < 1.29 is 18.5 Å². The second kappa shape index (κ2) is 6.34. The molecule has 1 saturated heterocycles. The maximum atomic E-state index is 14.1. The van der Waals surface area contributed by atoms with Gasteiger partial charge in [0.15, 0.2) is 0 Å². The summed E-state index contributed by atoms with van der Waals surface area (Å²) in [6.07, 6.45) is 2.23. The molecule has 1 aromatic carbocycles. The molecule has 1 amide bonds. The summed E-state index contributed by atoms with van der Waals surface area (Å²) < 4.78 is 27.8. The molecule has 1 aliphatic rings. The third-order valence-corrected chi connectivity index (χ3v) is 3.90. The molecule has 0 bridgehead atoms. The van der Waals surface area contributed by atoms with E-state index in [-0.39, 0.29) is 11.9 Å². The van der Waals surface area contributed by atoms with Crippen LogP contribution < -0.4 is 0 Å². The normalized spacial score (nSPS) is 18.6. The van der Waals surface area contributed by atoms with Crippen LogP contribution in [0.1, 0.15) is 29.6 Å². The van der Waals surface area contributed by atoms with Gasteiger partial charge in [0.25, 0.3) is 5.91 Å². The van der Waals surface area contributed by atoms with Crippen LogP contribution in [0.3, 0.4) is 0 Å². The molecular formula is C13H13ClF2N2O3. The molecule has 1 heterocycles. The second-order valence-electron chi connectivity index (χ2n) is 4.82. The lowest BCUT2D eigenvalue weighted by Crippen LogP contribution is -2.45. The van der Waals surface area contributed by atoms with Gasteiger partial charge in [0.05, 0.1) is 4.92 Å². The predicted octanol–water partition coefficient (Wildman–Crippen LogP) is 3.11. The first-order chi connectivity index (χ1) is 9.97. The molecular weight excluding hydrogens is 306 g/mol. The number of likely N-dealkylation sites (tertiary alicyclic amines) is 1. The number of piperidine rings is 1. The lowest BCUT2D eigenvalue weighted by molar-refractivity contribution is -0.387. The number of hydrogen-bond acceptors (Lipinski definition) is 3. The van der Waals surface area contributed by atoms with Gasteiger partial charge < -0.3 is 4.90 Å². The van der Waals surface area contributed by atoms with E-state index in [1.807, 2.05) is 0 Å². The highest BCUT2D eigenvalue weighted by Gasteiger charge is 2.33. The zero-order valence-corrected chi connectivity index (χ0v) is 11.8. The van der Waals surface area contributed by atoms with Crippen LogP contribution in [0, 0.1) is 21.7 Å². The first-order valence-corrected chi connectivity index (χ1v) is 7.00. The van der Waals surface area contributed by atoms with E-state index in [0.717, 1.165) is 12.5 Å². The number of amides is 1. The summed E-state index contributed by atoms with van der Waals surface area (Å²) in [6, 6.07) is 1.12. The van der Waals surface area contributed by atoms with E-state index in [2.05, 4.69) is 0 Å². The lowest BCUT2D eigenvalue weighted by atomic mass is 10.0. The highest BCUT2D eigenvalue weighted by atomic mass is 35.5. The Hall–Kier alpha value is -1.76. The summed E-state index contributed by atoms with van der Waals surface area (Å²) in [5, 5.41) is 10.7. The van der Waals surface area contributed by atoms with Crippen LogP contribution in [0.5, 0.6) is 0 Å². The van der Waals surface area contributed by atoms with Crippen molar-refractivity contribution in [2.45, 2.75) is 25.3 Å². The molecule has 5 nitrogen and oxygen atoms in total. The molecule has 1 aromatic rings. The van der Waals surface area contributed by atoms with Crippen LogP contribution in [-0.4, -0.2) is 34.2 Å². The molecule has 8 heteroatoms. The number of alkyl halides is 1. The van der Waals surface area contributed by atoms with Crippen molar-refractivity contribution in [3.8, 4) is 0 Å². The number of nitro benzene ring substituents is 1. The Balaban J connectivity index is 2.42. The Morgan fingerprint density at radius 3 is 2.76 bits per heavy atom. The largest absolute Gasteiger partial charge is 0.334 e. The quantitative estimate of drug-likeness (QED) is 0.488. The minimum absolute atomic E-state index is 0.157. The Morgan fingerprint density at radius 2 is 2.14 bits per heavy atom. The van der Waals surface area contributed by atoms with E-state index in [9.17, 15) is 23.7 Å². The molecule has 114 valence electrons. The predicted molar refractivity (Wildman–Crippen MR) is 72.4 cm³/mol. The summed E-state index contributed by atoms with van der Waals surface area (Å²) >= 11 is 5.78. The van der Waals surface area contributed by atoms with Crippen molar-refractivity contribution in [2.75, 3.05) is 12.4 Å². The molecule has 1 aliphatic heterocycles. The molecule has 1 atom stereocenters. The second-order valence-corrected chi connectivity index (χ2v) is 5.12. The molecule has 1 fully saturated rings. The zero-order valence-electron chi connectivity index (χ0n) is 11.0. The zero-order chi connectivity index (χ0) is 15.6. The van der Waals surface area contributed by atoms with Crippen molar-refractivity contribution in [2.24, 2.45) is 0 Å². The number of hydrogen-bond donors (Lipinski definition) is 0. The van der Waals surface area contributed by atoms with Crippen LogP contribution in [0.4, 0.5) is 14.5 Å². The molecule has 2 rings (SSSR count). The first-order valence-electron chi connectivity index (χ1n) is 6.46. The molecule has 0 aromatic heterocycles. The SMILES string of the molecule is O=C(c1c(F)ccc([N+](=O)[O-])c1F)N1CCCCC1CCl. The van der Waals surface area contributed by atoms with E-state index < -0.39 is 33.7 Å². The Morgan fingerprint density at radius 1 is 1.43 bits per heavy atom. The van der Waals surface area contributed by atoms with Gasteiger partial charge in [-0.3, -0.25) is 14.9 Å². The maximum Gasteiger partial charge on any atom is 0.305 e. The van der Waals surface area contributed by atoms with Gasteiger partial charge in [0, 0.05) is 24.5 Å². The van der Waals surface area contributed by atoms with Crippen molar-refractivity contribution in [1.82, 2.24) is 4.90 Å². The van der Waals surface area contributed by atoms with Gasteiger partial charge in [-0.15, -0.1) is 11.6 Å². The Labute approximate surface area is 124 Å². The molecule has 0 aliphatic carbocycles. The number of benzene rings is 1. The van der Waals surface area contributed by atoms with E-state index >= 15 is 0 Å². The maximum absolute atomic E-state index is 14.1. The highest BCUT2D eigenvalue weighted by molar-refractivity contribution is 6.18. The fourth-order valence-corrected chi connectivity index (χ4v) is 2.77. The Bertz CT molecular complexity index is 583. The number of carbonyl (C=O) groups is 1. The summed E-state index contributed by atoms with van der Waals surface area (Å²) in [5.74, 6) is -3.28. The number of nitrogens with zero attached hydrogens (tertiary/aromatic N) is 2. The highest BCUT2D eigenvalue weighted by Crippen LogP contribution is 2.27. The van der Waals surface area contributed by atoms with Gasteiger partial charge >= 0.3 is 5.69 Å². The molecule has 1 unspecified atom stereocenters. The number of nitro groups is 1. The van der Waals surface area contributed by atoms with Crippen molar-refractivity contribution in [3.63, 3.8) is 0 Å². The van der Waals surface area contributed by atoms with Gasteiger partial charge in [-0.25, -0.2) is 4.39 Å². The summed E-state index contributed by atoms with van der Waals surface area (Å²) in [6.45, 7) is 0.331. The molecule has 0 saturated carbocycles. The van der Waals surface area contributed by atoms with Crippen molar-refractivity contribution in [1.29, 1.82) is 0 Å². The average Bonchev–Trinajstić information content (AvgIpc) is 2.46.